The van der Waals surface area contributed by atoms with E-state index < -0.39 is 11.9 Å². The Morgan fingerprint density at radius 1 is 1.30 bits per heavy atom. The van der Waals surface area contributed by atoms with Crippen molar-refractivity contribution in [1.82, 2.24) is 0 Å². The highest BCUT2D eigenvalue weighted by molar-refractivity contribution is 9.10. The number of halogens is 3. The number of hydrogen-bond acceptors (Lipinski definition) is 2. The molecule has 5 heteroatoms. The van der Waals surface area contributed by atoms with Crippen LogP contribution in [0, 0.1) is 12.7 Å². The van der Waals surface area contributed by atoms with Gasteiger partial charge in [-0.15, -0.1) is 11.8 Å². The molecule has 106 valence electrons. The van der Waals surface area contributed by atoms with Gasteiger partial charge in [-0.1, -0.05) is 35.9 Å². The first-order chi connectivity index (χ1) is 9.50. The average Bonchev–Trinajstić information content (AvgIpc) is 2.44. The molecule has 0 spiro atoms. The van der Waals surface area contributed by atoms with Crippen molar-refractivity contribution in [2.75, 3.05) is 5.75 Å². The molecule has 0 aromatic heterocycles. The minimum Gasteiger partial charge on any atom is -0.323 e. The summed E-state index contributed by atoms with van der Waals surface area (Å²) in [6.07, 6.45) is 0. The average molecular weight is 375 g/mol. The second-order valence-electron chi connectivity index (χ2n) is 4.45. The van der Waals surface area contributed by atoms with E-state index in [-0.39, 0.29) is 5.02 Å². The summed E-state index contributed by atoms with van der Waals surface area (Å²) in [7, 11) is 0. The van der Waals surface area contributed by atoms with Crippen molar-refractivity contribution in [3.63, 3.8) is 0 Å². The van der Waals surface area contributed by atoms with Crippen LogP contribution in [0.1, 0.15) is 17.2 Å². The Balaban J connectivity index is 2.11. The Kier molecular flexibility index (Phi) is 5.49. The van der Waals surface area contributed by atoms with Gasteiger partial charge in [0.2, 0.25) is 0 Å². The van der Waals surface area contributed by atoms with Gasteiger partial charge in [0.05, 0.1) is 5.02 Å². The molecule has 0 aliphatic rings. The molecule has 0 saturated carbocycles. The minimum absolute atomic E-state index is 0.0823. The summed E-state index contributed by atoms with van der Waals surface area (Å²) in [5, 5.41) is 0.0823. The fourth-order valence-electron chi connectivity index (χ4n) is 1.81. The van der Waals surface area contributed by atoms with E-state index in [1.54, 1.807) is 23.9 Å². The Morgan fingerprint density at radius 3 is 2.70 bits per heavy atom. The molecule has 0 saturated heterocycles. The van der Waals surface area contributed by atoms with Gasteiger partial charge in [-0.3, -0.25) is 0 Å². The lowest BCUT2D eigenvalue weighted by molar-refractivity contribution is 0.595. The monoisotopic (exact) mass is 373 g/mol. The van der Waals surface area contributed by atoms with E-state index >= 15 is 0 Å². The number of hydrogen-bond donors (Lipinski definition) is 1. The number of aryl methyl sites for hydroxylation is 1. The van der Waals surface area contributed by atoms with Crippen LogP contribution in [0.15, 0.2) is 45.8 Å². The summed E-state index contributed by atoms with van der Waals surface area (Å²) in [4.78, 5) is 1.16. The molecule has 0 radical (unpaired) electrons. The third-order valence-corrected chi connectivity index (χ3v) is 5.53. The van der Waals surface area contributed by atoms with Crippen molar-refractivity contribution >= 4 is 39.3 Å². The molecule has 2 aromatic carbocycles. The van der Waals surface area contributed by atoms with Crippen molar-refractivity contribution in [2.24, 2.45) is 5.73 Å². The maximum absolute atomic E-state index is 14.1. The number of rotatable bonds is 4. The van der Waals surface area contributed by atoms with E-state index in [9.17, 15) is 4.39 Å². The SMILES string of the molecule is Cc1ccccc1SCC(N)c1ccc(Br)c(Cl)c1F. The first kappa shape index (κ1) is 15.8. The van der Waals surface area contributed by atoms with Crippen LogP contribution in [-0.4, -0.2) is 5.75 Å². The predicted octanol–water partition coefficient (Wildman–Crippen LogP) is 5.34. The zero-order valence-electron chi connectivity index (χ0n) is 10.9. The van der Waals surface area contributed by atoms with E-state index in [1.165, 1.54) is 5.56 Å². The van der Waals surface area contributed by atoms with Crippen molar-refractivity contribution in [3.05, 3.63) is 62.8 Å². The molecule has 2 N–H and O–H groups in total. The standard InChI is InChI=1S/C15H14BrClFNS/c1-9-4-2-3-5-13(9)20-8-12(19)10-6-7-11(16)14(17)15(10)18/h2-7,12H,8,19H2,1H3. The van der Waals surface area contributed by atoms with Gasteiger partial charge in [0.1, 0.15) is 5.82 Å². The van der Waals surface area contributed by atoms with E-state index in [1.807, 2.05) is 31.2 Å². The molecular weight excluding hydrogens is 361 g/mol. The molecule has 1 atom stereocenters. The maximum Gasteiger partial charge on any atom is 0.147 e. The molecule has 0 fully saturated rings. The van der Waals surface area contributed by atoms with Crippen LogP contribution in [0.4, 0.5) is 4.39 Å². The van der Waals surface area contributed by atoms with Crippen molar-refractivity contribution in [2.45, 2.75) is 17.9 Å². The van der Waals surface area contributed by atoms with Crippen LogP contribution in [-0.2, 0) is 0 Å². The normalized spacial score (nSPS) is 12.4. The van der Waals surface area contributed by atoms with E-state index in [0.717, 1.165) is 4.90 Å². The molecule has 2 aromatic rings. The summed E-state index contributed by atoms with van der Waals surface area (Å²) in [5.74, 6) is 0.152. The quantitative estimate of drug-likeness (QED) is 0.577. The lowest BCUT2D eigenvalue weighted by atomic mass is 10.1. The molecule has 1 unspecified atom stereocenters. The van der Waals surface area contributed by atoms with Crippen LogP contribution < -0.4 is 5.73 Å². The van der Waals surface area contributed by atoms with Gasteiger partial charge in [0.25, 0.3) is 0 Å². The molecule has 1 nitrogen and oxygen atoms in total. The predicted molar refractivity (Wildman–Crippen MR) is 87.9 cm³/mol. The van der Waals surface area contributed by atoms with Gasteiger partial charge in [-0.2, -0.15) is 0 Å². The molecule has 0 aliphatic carbocycles. The largest absolute Gasteiger partial charge is 0.323 e. The third kappa shape index (κ3) is 3.55. The summed E-state index contributed by atoms with van der Waals surface area (Å²) in [6.45, 7) is 2.05. The van der Waals surface area contributed by atoms with Crippen LogP contribution in [0.25, 0.3) is 0 Å². The Morgan fingerprint density at radius 2 is 2.00 bits per heavy atom. The topological polar surface area (TPSA) is 26.0 Å². The first-order valence-corrected chi connectivity index (χ1v) is 8.23. The third-order valence-electron chi connectivity index (χ3n) is 2.98. The van der Waals surface area contributed by atoms with Crippen molar-refractivity contribution in [1.29, 1.82) is 0 Å². The lowest BCUT2D eigenvalue weighted by Gasteiger charge is -2.14. The van der Waals surface area contributed by atoms with E-state index in [2.05, 4.69) is 15.9 Å². The van der Waals surface area contributed by atoms with Crippen LogP contribution in [0.2, 0.25) is 5.02 Å². The lowest BCUT2D eigenvalue weighted by Crippen LogP contribution is -2.15. The molecule has 0 heterocycles. The highest BCUT2D eigenvalue weighted by Crippen LogP contribution is 2.32. The molecule has 0 amide bonds. The number of thioether (sulfide) groups is 1. The first-order valence-electron chi connectivity index (χ1n) is 6.08. The fourth-order valence-corrected chi connectivity index (χ4v) is 3.30. The summed E-state index contributed by atoms with van der Waals surface area (Å²) < 4.78 is 14.6. The smallest absolute Gasteiger partial charge is 0.147 e. The van der Waals surface area contributed by atoms with Gasteiger partial charge in [0.15, 0.2) is 0 Å². The summed E-state index contributed by atoms with van der Waals surface area (Å²) in [6, 6.07) is 11.1. The second-order valence-corrected chi connectivity index (χ2v) is 6.74. The fraction of sp³-hybridized carbons (Fsp3) is 0.200. The highest BCUT2D eigenvalue weighted by Gasteiger charge is 2.16. The van der Waals surface area contributed by atoms with Crippen molar-refractivity contribution in [3.8, 4) is 0 Å². The molecule has 2 rings (SSSR count). The highest BCUT2D eigenvalue weighted by atomic mass is 79.9. The Labute approximate surface area is 135 Å². The zero-order valence-corrected chi connectivity index (χ0v) is 14.0. The Bertz CT molecular complexity index is 621. The summed E-state index contributed by atoms with van der Waals surface area (Å²) >= 11 is 10.7. The molecule has 0 aliphatic heterocycles. The minimum atomic E-state index is -0.445. The van der Waals surface area contributed by atoms with Crippen LogP contribution in [0.5, 0.6) is 0 Å². The van der Waals surface area contributed by atoms with Crippen LogP contribution >= 0.6 is 39.3 Å². The van der Waals surface area contributed by atoms with Gasteiger partial charge in [-0.25, -0.2) is 4.39 Å². The van der Waals surface area contributed by atoms with Gasteiger partial charge in [0, 0.05) is 26.7 Å². The van der Waals surface area contributed by atoms with Crippen molar-refractivity contribution < 1.29 is 4.39 Å². The maximum atomic E-state index is 14.1. The van der Waals surface area contributed by atoms with E-state index in [4.69, 9.17) is 17.3 Å². The van der Waals surface area contributed by atoms with Gasteiger partial charge >= 0.3 is 0 Å². The number of benzene rings is 2. The second kappa shape index (κ2) is 6.94. The van der Waals surface area contributed by atoms with Crippen LogP contribution in [0.3, 0.4) is 0 Å². The zero-order chi connectivity index (χ0) is 14.7. The Hall–Kier alpha value is -0.550. The molecule has 20 heavy (non-hydrogen) atoms. The summed E-state index contributed by atoms with van der Waals surface area (Å²) in [5.41, 5.74) is 7.72. The van der Waals surface area contributed by atoms with E-state index in [0.29, 0.717) is 15.8 Å². The van der Waals surface area contributed by atoms with Gasteiger partial charge < -0.3 is 5.73 Å². The van der Waals surface area contributed by atoms with Gasteiger partial charge in [-0.05, 0) is 40.5 Å². The molecule has 0 bridgehead atoms. The number of nitrogens with two attached hydrogens (primary N) is 1. The molecular formula is C15H14BrClFNS.